The van der Waals surface area contributed by atoms with Crippen molar-refractivity contribution < 1.29 is 43.8 Å². The van der Waals surface area contributed by atoms with E-state index in [-0.39, 0.29) is 93.4 Å². The van der Waals surface area contributed by atoms with Gasteiger partial charge in [-0.3, -0.25) is 0 Å². The highest BCUT2D eigenvalue weighted by molar-refractivity contribution is 5.86. The molecule has 0 aliphatic heterocycles. The first-order valence-electron chi connectivity index (χ1n) is 0. The Morgan fingerprint density at radius 2 is 0.167 bits per heavy atom. The van der Waals surface area contributed by atoms with Crippen LogP contribution < -0.4 is 0 Å². The van der Waals surface area contributed by atoms with E-state index < -0.39 is 0 Å². The summed E-state index contributed by atoms with van der Waals surface area (Å²) in [5.74, 6) is 0. The Hall–Kier alpha value is 0.840. The molecule has 0 aliphatic carbocycles. The third-order valence-electron chi connectivity index (χ3n) is 0. The van der Waals surface area contributed by atoms with Gasteiger partial charge < -0.3 is 43.8 Å². The number of rotatable bonds is 0. The van der Waals surface area contributed by atoms with Gasteiger partial charge in [0.15, 0.2) is 0 Å². The van der Waals surface area contributed by atoms with Gasteiger partial charge in [-0.05, 0) is 0 Å². The lowest BCUT2D eigenvalue weighted by Gasteiger charge is -0.413. The Labute approximate surface area is 93.8 Å². The fraction of sp³-hybridized carbons (Fsp3) is 0. The van der Waals surface area contributed by atoms with Gasteiger partial charge in [0.05, 0.1) is 0 Å². The first kappa shape index (κ1) is 2550. The van der Waals surface area contributed by atoms with Crippen molar-refractivity contribution in [1.82, 2.24) is 0 Å². The molecule has 96 valence electrons. The normalized spacial score (nSPS) is 0. The molecule has 0 spiro atoms. The van der Waals surface area contributed by atoms with Crippen LogP contribution in [0.4, 0.5) is 0 Å². The van der Waals surface area contributed by atoms with Crippen LogP contribution in [0.2, 0.25) is 0 Å². The van der Waals surface area contributed by atoms with Gasteiger partial charge in [0, 0.05) is 0 Å². The van der Waals surface area contributed by atoms with Crippen LogP contribution in [-0.4, -0.2) is 43.8 Å². The zero-order chi connectivity index (χ0) is 0. The summed E-state index contributed by atoms with van der Waals surface area (Å²) in [6, 6.07) is 0. The molecule has 0 aromatic carbocycles. The first-order valence-corrected chi connectivity index (χ1v) is 0. The largest absolute Gasteiger partial charge is 0.412 e. The molecule has 0 atom stereocenters. The van der Waals surface area contributed by atoms with Crippen molar-refractivity contribution in [3.05, 3.63) is 0 Å². The maximum Gasteiger partial charge on any atom is -0.147 e. The maximum atomic E-state index is 0. The summed E-state index contributed by atoms with van der Waals surface area (Å²) in [4.78, 5) is 0. The summed E-state index contributed by atoms with van der Waals surface area (Å²) in [5.41, 5.74) is 0. The average molecular weight is 290 g/mol. The lowest BCUT2D eigenvalue weighted by Crippen LogP contribution is -0.290. The predicted molar refractivity (Wildman–Crippen MR) is 57.9 cm³/mol. The van der Waals surface area contributed by atoms with Crippen LogP contribution in [0.1, 0.15) is 0 Å². The number of halogens is 4. The van der Waals surface area contributed by atoms with E-state index in [0.29, 0.717) is 0 Å². The molecule has 0 aliphatic rings. The quantitative estimate of drug-likeness (QED) is 0.406. The molecule has 16 N–H and O–H groups in total. The summed E-state index contributed by atoms with van der Waals surface area (Å²) in [6.07, 6.45) is 0. The van der Waals surface area contributed by atoms with E-state index >= 15 is 0 Å². The summed E-state index contributed by atoms with van der Waals surface area (Å²) >= 11 is 0. The third-order valence-corrected chi connectivity index (χ3v) is 0. The van der Waals surface area contributed by atoms with Crippen molar-refractivity contribution in [2.75, 3.05) is 0 Å². The fourth-order valence-electron chi connectivity index (χ4n) is 0. The van der Waals surface area contributed by atoms with Gasteiger partial charge in [0.1, 0.15) is 0 Å². The Morgan fingerprint density at radius 3 is 0.167 bits per heavy atom. The van der Waals surface area contributed by atoms with E-state index in [1.54, 1.807) is 0 Å². The molecule has 0 unspecified atom stereocenters. The lowest BCUT2D eigenvalue weighted by atomic mass is 16.0. The molecule has 0 aromatic rings. The van der Waals surface area contributed by atoms with Crippen LogP contribution in [0.25, 0.3) is 0 Å². The van der Waals surface area contributed by atoms with Crippen LogP contribution in [0.5, 0.6) is 0 Å². The third kappa shape index (κ3) is 1490. The zero-order valence-corrected chi connectivity index (χ0v) is 8.90. The highest BCUT2D eigenvalue weighted by atomic mass is 35.5. The summed E-state index contributed by atoms with van der Waals surface area (Å²) in [6.45, 7) is 0. The Kier molecular flexibility index (Phi) is 419000. The zero-order valence-electron chi connectivity index (χ0n) is 5.63. The minimum atomic E-state index is 0. The minimum Gasteiger partial charge on any atom is -0.412 e. The van der Waals surface area contributed by atoms with Gasteiger partial charge in [-0.25, -0.2) is 0 Å². The Balaban J connectivity index is 0. The van der Waals surface area contributed by atoms with Crippen molar-refractivity contribution >= 4 is 49.6 Å². The van der Waals surface area contributed by atoms with Crippen LogP contribution in [0.15, 0.2) is 0 Å². The van der Waals surface area contributed by atoms with E-state index in [9.17, 15) is 0 Å². The highest BCUT2D eigenvalue weighted by Gasteiger charge is -0.143. The molecule has 12 heavy (non-hydrogen) atoms. The van der Waals surface area contributed by atoms with Gasteiger partial charge in [-0.15, -0.1) is 49.6 Å². The topological polar surface area (TPSA) is 252 Å². The van der Waals surface area contributed by atoms with Gasteiger partial charge in [0.2, 0.25) is 0 Å². The summed E-state index contributed by atoms with van der Waals surface area (Å²) in [5, 5.41) is 0. The van der Waals surface area contributed by atoms with E-state index in [1.807, 2.05) is 0 Å². The van der Waals surface area contributed by atoms with E-state index in [1.165, 1.54) is 0 Å². The van der Waals surface area contributed by atoms with Crippen LogP contribution in [-0.2, 0) is 0 Å². The van der Waals surface area contributed by atoms with Crippen LogP contribution >= 0.6 is 49.6 Å². The summed E-state index contributed by atoms with van der Waals surface area (Å²) < 4.78 is 0. The monoisotopic (exact) mass is 288 g/mol. The molecule has 0 rings (SSSR count). The molecular weight excluding hydrogens is 270 g/mol. The van der Waals surface area contributed by atoms with Crippen LogP contribution in [0.3, 0.4) is 0 Å². The van der Waals surface area contributed by atoms with E-state index in [2.05, 4.69) is 0 Å². The second-order valence-electron chi connectivity index (χ2n) is 0. The molecule has 0 bridgehead atoms. The van der Waals surface area contributed by atoms with Crippen molar-refractivity contribution in [3.8, 4) is 0 Å². The molecule has 12 heteroatoms. The van der Waals surface area contributed by atoms with E-state index in [4.69, 9.17) is 0 Å². The number of hydrogen-bond acceptors (Lipinski definition) is 0. The molecule has 0 saturated heterocycles. The van der Waals surface area contributed by atoms with Crippen LogP contribution in [0, 0.1) is 0 Å². The Morgan fingerprint density at radius 1 is 0.167 bits per heavy atom. The maximum absolute atomic E-state index is 0. The van der Waals surface area contributed by atoms with E-state index in [0.717, 1.165) is 0 Å². The minimum absolute atomic E-state index is 0. The smallest absolute Gasteiger partial charge is 0.147 e. The van der Waals surface area contributed by atoms with Crippen molar-refractivity contribution in [3.63, 3.8) is 0 Å². The molecule has 8 nitrogen and oxygen atoms in total. The van der Waals surface area contributed by atoms with Gasteiger partial charge in [-0.2, -0.15) is 0 Å². The Bertz CT molecular complexity index is 11.0. The standard InChI is InChI=1S/4ClH.8H2O/h4*1H;8*1H2. The molecule has 0 radical (unpaired) electrons. The summed E-state index contributed by atoms with van der Waals surface area (Å²) in [7, 11) is 0. The first-order chi connectivity index (χ1) is 0. The SMILES string of the molecule is Cl.Cl.Cl.Cl.O.O.O.O.O.O.O.O. The van der Waals surface area contributed by atoms with Gasteiger partial charge in [0.25, 0.3) is 0 Å². The second kappa shape index (κ2) is 1970. The fourth-order valence-corrected chi connectivity index (χ4v) is 0. The highest BCUT2D eigenvalue weighted by Crippen LogP contribution is 0.693. The van der Waals surface area contributed by atoms with Crippen molar-refractivity contribution in [1.29, 1.82) is 0 Å². The molecule has 0 aromatic heterocycles. The van der Waals surface area contributed by atoms with Crippen molar-refractivity contribution in [2.24, 2.45) is 0 Å². The van der Waals surface area contributed by atoms with Gasteiger partial charge >= 0.3 is 0 Å². The molecule has 0 heterocycles. The molecular formula is H20Cl4O8. The molecule has 0 fully saturated rings. The molecule has 0 amide bonds. The lowest BCUT2D eigenvalue weighted by molar-refractivity contribution is 0.823. The number of hydrogen-bond donors (Lipinski definition) is 0. The second-order valence-corrected chi connectivity index (χ2v) is 0. The van der Waals surface area contributed by atoms with Gasteiger partial charge in [-0.1, -0.05) is 0 Å². The average Bonchev–Trinajstić information content (AvgIpc) is 0. The molecule has 0 saturated carbocycles. The predicted octanol–water partition coefficient (Wildman–Crippen LogP) is -4.91. The van der Waals surface area contributed by atoms with Crippen molar-refractivity contribution in [2.45, 2.75) is 0 Å².